The molecule has 1 saturated heterocycles. The first-order chi connectivity index (χ1) is 7.04. The smallest absolute Gasteiger partial charge is 0.328 e. The number of esters is 1. The van der Waals surface area contributed by atoms with Gasteiger partial charge in [0, 0.05) is 6.54 Å². The zero-order valence-corrected chi connectivity index (χ0v) is 8.82. The van der Waals surface area contributed by atoms with E-state index in [-0.39, 0.29) is 5.91 Å². The fourth-order valence-corrected chi connectivity index (χ4v) is 1.47. The maximum Gasteiger partial charge on any atom is 0.328 e. The Bertz CT molecular complexity index is 256. The van der Waals surface area contributed by atoms with Crippen LogP contribution in [0.3, 0.4) is 0 Å². The molecule has 0 aromatic heterocycles. The van der Waals surface area contributed by atoms with Crippen molar-refractivity contribution in [2.75, 3.05) is 13.7 Å². The van der Waals surface area contributed by atoms with Crippen LogP contribution in [-0.2, 0) is 14.3 Å². The molecule has 1 fully saturated rings. The predicted molar refractivity (Wildman–Crippen MR) is 52.0 cm³/mol. The SMILES string of the molecule is COC(=O)[C@H](C)NC(=O)[C@@H]1C[C@@H](O)CN1. The number of β-amino-alcohol motifs (C(OH)–C–C–N with tert-alkyl or cyclic N) is 1. The van der Waals surface area contributed by atoms with Gasteiger partial charge in [0.1, 0.15) is 6.04 Å². The molecular weight excluding hydrogens is 200 g/mol. The van der Waals surface area contributed by atoms with E-state index in [1.165, 1.54) is 7.11 Å². The third-order valence-electron chi connectivity index (χ3n) is 2.34. The summed E-state index contributed by atoms with van der Waals surface area (Å²) in [6, 6.07) is -1.09. The van der Waals surface area contributed by atoms with Gasteiger partial charge in [-0.1, -0.05) is 0 Å². The van der Waals surface area contributed by atoms with Gasteiger partial charge in [-0.05, 0) is 13.3 Å². The second-order valence-electron chi connectivity index (χ2n) is 3.60. The fourth-order valence-electron chi connectivity index (χ4n) is 1.47. The molecule has 0 spiro atoms. The lowest BCUT2D eigenvalue weighted by molar-refractivity contribution is -0.144. The molecule has 6 nitrogen and oxygen atoms in total. The first kappa shape index (κ1) is 11.9. The molecule has 1 aliphatic heterocycles. The van der Waals surface area contributed by atoms with Gasteiger partial charge in [0.2, 0.25) is 5.91 Å². The molecule has 3 atom stereocenters. The predicted octanol–water partition coefficient (Wildman–Crippen LogP) is -1.61. The summed E-state index contributed by atoms with van der Waals surface area (Å²) in [5, 5.41) is 14.6. The molecule has 1 heterocycles. The van der Waals surface area contributed by atoms with Gasteiger partial charge in [0.05, 0.1) is 19.3 Å². The van der Waals surface area contributed by atoms with Crippen LogP contribution in [0.4, 0.5) is 0 Å². The number of carbonyl (C=O) groups excluding carboxylic acids is 2. The summed E-state index contributed by atoms with van der Waals surface area (Å²) >= 11 is 0. The first-order valence-electron chi connectivity index (χ1n) is 4.84. The van der Waals surface area contributed by atoms with E-state index in [0.717, 1.165) is 0 Å². The average molecular weight is 216 g/mol. The molecule has 0 aliphatic carbocycles. The standard InChI is InChI=1S/C9H16N2O4/c1-5(9(14)15-2)11-8(13)7-3-6(12)4-10-7/h5-7,10,12H,3-4H2,1-2H3,(H,11,13)/t5-,6+,7-/m0/s1. The maximum absolute atomic E-state index is 11.5. The largest absolute Gasteiger partial charge is 0.467 e. The number of aliphatic hydroxyl groups excluding tert-OH is 1. The van der Waals surface area contributed by atoms with Gasteiger partial charge in [-0.25, -0.2) is 4.79 Å². The van der Waals surface area contributed by atoms with Crippen LogP contribution in [0, 0.1) is 0 Å². The summed E-state index contributed by atoms with van der Waals surface area (Å²) in [6.45, 7) is 1.96. The second-order valence-corrected chi connectivity index (χ2v) is 3.60. The van der Waals surface area contributed by atoms with Gasteiger partial charge < -0.3 is 20.5 Å². The molecule has 15 heavy (non-hydrogen) atoms. The quantitative estimate of drug-likeness (QED) is 0.494. The maximum atomic E-state index is 11.5. The number of nitrogens with one attached hydrogen (secondary N) is 2. The van der Waals surface area contributed by atoms with E-state index >= 15 is 0 Å². The third kappa shape index (κ3) is 3.17. The van der Waals surface area contributed by atoms with Gasteiger partial charge >= 0.3 is 5.97 Å². The number of rotatable bonds is 3. The molecule has 3 N–H and O–H groups in total. The molecule has 0 unspecified atom stereocenters. The summed E-state index contributed by atoms with van der Waals surface area (Å²) in [7, 11) is 1.27. The van der Waals surface area contributed by atoms with Crippen molar-refractivity contribution in [3.63, 3.8) is 0 Å². The summed E-state index contributed by atoms with van der Waals surface area (Å²) in [6.07, 6.45) is -0.117. The molecule has 0 aromatic carbocycles. The summed E-state index contributed by atoms with van der Waals surface area (Å²) in [5.41, 5.74) is 0. The zero-order chi connectivity index (χ0) is 11.4. The van der Waals surface area contributed by atoms with Gasteiger partial charge in [-0.2, -0.15) is 0 Å². The highest BCUT2D eigenvalue weighted by atomic mass is 16.5. The number of aliphatic hydroxyl groups is 1. The summed E-state index contributed by atoms with van der Waals surface area (Å²) in [5.74, 6) is -0.772. The molecule has 0 bridgehead atoms. The highest BCUT2D eigenvalue weighted by Crippen LogP contribution is 2.06. The molecular formula is C9H16N2O4. The molecule has 0 aromatic rings. The fraction of sp³-hybridized carbons (Fsp3) is 0.778. The van der Waals surface area contributed by atoms with Gasteiger partial charge in [0.25, 0.3) is 0 Å². The van der Waals surface area contributed by atoms with Gasteiger partial charge in [-0.3, -0.25) is 4.79 Å². The first-order valence-corrected chi connectivity index (χ1v) is 4.84. The van der Waals surface area contributed by atoms with E-state index in [2.05, 4.69) is 15.4 Å². The number of hydrogen-bond acceptors (Lipinski definition) is 5. The van der Waals surface area contributed by atoms with Crippen molar-refractivity contribution in [2.45, 2.75) is 31.5 Å². The molecule has 1 rings (SSSR count). The van der Waals surface area contributed by atoms with Crippen molar-refractivity contribution >= 4 is 11.9 Å². The minimum atomic E-state index is -0.665. The lowest BCUT2D eigenvalue weighted by Crippen LogP contribution is -2.47. The topological polar surface area (TPSA) is 87.7 Å². The molecule has 6 heteroatoms. The van der Waals surface area contributed by atoms with Crippen LogP contribution in [0.2, 0.25) is 0 Å². The van der Waals surface area contributed by atoms with Crippen LogP contribution in [0.1, 0.15) is 13.3 Å². The Kier molecular flexibility index (Phi) is 4.05. The number of amides is 1. The van der Waals surface area contributed by atoms with Crippen LogP contribution in [-0.4, -0.2) is 48.8 Å². The Balaban J connectivity index is 2.38. The Hall–Kier alpha value is -1.14. The van der Waals surface area contributed by atoms with Gasteiger partial charge in [0.15, 0.2) is 0 Å². The van der Waals surface area contributed by atoms with E-state index < -0.39 is 24.2 Å². The van der Waals surface area contributed by atoms with Crippen molar-refractivity contribution in [2.24, 2.45) is 0 Å². The number of methoxy groups -OCH3 is 1. The van der Waals surface area contributed by atoms with E-state index in [0.29, 0.717) is 13.0 Å². The summed E-state index contributed by atoms with van der Waals surface area (Å²) in [4.78, 5) is 22.5. The van der Waals surface area contributed by atoms with Crippen LogP contribution in [0.25, 0.3) is 0 Å². The Morgan fingerprint density at radius 3 is 2.73 bits per heavy atom. The van der Waals surface area contributed by atoms with Crippen molar-refractivity contribution in [3.05, 3.63) is 0 Å². The lowest BCUT2D eigenvalue weighted by Gasteiger charge is -2.15. The number of hydrogen-bond donors (Lipinski definition) is 3. The van der Waals surface area contributed by atoms with Crippen LogP contribution >= 0.6 is 0 Å². The van der Waals surface area contributed by atoms with Crippen molar-refractivity contribution in [1.82, 2.24) is 10.6 Å². The zero-order valence-electron chi connectivity index (χ0n) is 8.82. The monoisotopic (exact) mass is 216 g/mol. The Morgan fingerprint density at radius 1 is 1.60 bits per heavy atom. The van der Waals surface area contributed by atoms with E-state index in [4.69, 9.17) is 0 Å². The van der Waals surface area contributed by atoms with E-state index in [1.54, 1.807) is 6.92 Å². The molecule has 0 saturated carbocycles. The number of ether oxygens (including phenoxy) is 1. The number of carbonyl (C=O) groups is 2. The Morgan fingerprint density at radius 2 is 2.27 bits per heavy atom. The van der Waals surface area contributed by atoms with Crippen LogP contribution in [0.5, 0.6) is 0 Å². The second kappa shape index (κ2) is 5.09. The molecule has 86 valence electrons. The minimum Gasteiger partial charge on any atom is -0.467 e. The highest BCUT2D eigenvalue weighted by Gasteiger charge is 2.29. The molecule has 1 amide bonds. The van der Waals surface area contributed by atoms with Gasteiger partial charge in [-0.15, -0.1) is 0 Å². The average Bonchev–Trinajstić information content (AvgIpc) is 2.63. The normalized spacial score (nSPS) is 27.1. The van der Waals surface area contributed by atoms with Crippen molar-refractivity contribution in [1.29, 1.82) is 0 Å². The van der Waals surface area contributed by atoms with Crippen LogP contribution < -0.4 is 10.6 Å². The highest BCUT2D eigenvalue weighted by molar-refractivity contribution is 5.87. The summed E-state index contributed by atoms with van der Waals surface area (Å²) < 4.78 is 4.47. The van der Waals surface area contributed by atoms with E-state index in [1.807, 2.05) is 0 Å². The Labute approximate surface area is 88.0 Å². The van der Waals surface area contributed by atoms with Crippen molar-refractivity contribution in [3.8, 4) is 0 Å². The van der Waals surface area contributed by atoms with Crippen LogP contribution in [0.15, 0.2) is 0 Å². The third-order valence-corrected chi connectivity index (χ3v) is 2.34. The van der Waals surface area contributed by atoms with Crippen molar-refractivity contribution < 1.29 is 19.4 Å². The minimum absolute atomic E-state index is 0.288. The molecule has 0 radical (unpaired) electrons. The molecule has 1 aliphatic rings. The lowest BCUT2D eigenvalue weighted by atomic mass is 10.2. The van der Waals surface area contributed by atoms with E-state index in [9.17, 15) is 14.7 Å².